The molecule has 1 amide bonds. The van der Waals surface area contributed by atoms with Crippen LogP contribution in [0.15, 0.2) is 123 Å². The van der Waals surface area contributed by atoms with Crippen LogP contribution in [0.5, 0.6) is 11.6 Å². The first-order chi connectivity index (χ1) is 28.6. The third-order valence-corrected chi connectivity index (χ3v) is 13.6. The summed E-state index contributed by atoms with van der Waals surface area (Å²) in [4.78, 5) is 29.8. The molecule has 0 unspecified atom stereocenters. The van der Waals surface area contributed by atoms with Crippen molar-refractivity contribution < 1.29 is 28.5 Å². The molecule has 3 fully saturated rings. The van der Waals surface area contributed by atoms with E-state index in [0.717, 1.165) is 65.7 Å². The molecular weight excluding hydrogens is 771 g/mol. The van der Waals surface area contributed by atoms with Gasteiger partial charge in [-0.3, -0.25) is 4.90 Å². The van der Waals surface area contributed by atoms with Gasteiger partial charge in [-0.1, -0.05) is 78.1 Å². The molecule has 4 aromatic carbocycles. The van der Waals surface area contributed by atoms with Crippen molar-refractivity contribution >= 4 is 41.0 Å². The molecule has 4 aliphatic rings. The third kappa shape index (κ3) is 8.88. The lowest BCUT2D eigenvalue weighted by atomic mass is 10.1. The minimum Gasteiger partial charge on any atom is -0.497 e. The molecule has 2 atom stereocenters. The smallest absolute Gasteiger partial charge is 0.410 e. The average molecular weight is 818 g/mol. The van der Waals surface area contributed by atoms with Crippen molar-refractivity contribution in [1.29, 1.82) is 0 Å². The van der Waals surface area contributed by atoms with Gasteiger partial charge in [0.25, 0.3) is 0 Å². The molecule has 9 rings (SSSR count). The number of pyridine rings is 1. The van der Waals surface area contributed by atoms with Gasteiger partial charge in [0.05, 0.1) is 45.3 Å². The normalized spacial score (nSPS) is 19.3. The van der Waals surface area contributed by atoms with E-state index in [1.807, 2.05) is 65.6 Å². The van der Waals surface area contributed by atoms with Gasteiger partial charge in [0.2, 0.25) is 5.88 Å². The van der Waals surface area contributed by atoms with E-state index in [1.54, 1.807) is 30.6 Å². The van der Waals surface area contributed by atoms with Gasteiger partial charge in [-0.15, -0.1) is 0 Å². The van der Waals surface area contributed by atoms with E-state index < -0.39 is 0 Å². The lowest BCUT2D eigenvalue weighted by Gasteiger charge is -2.35. The highest BCUT2D eigenvalue weighted by molar-refractivity contribution is 8.05. The molecule has 4 aliphatic heterocycles. The maximum absolute atomic E-state index is 13.3. The van der Waals surface area contributed by atoms with Crippen LogP contribution in [0.2, 0.25) is 0 Å². The lowest BCUT2D eigenvalue weighted by molar-refractivity contribution is 0.0167. The largest absolute Gasteiger partial charge is 0.497 e. The molecule has 5 aromatic rings. The molecule has 0 spiro atoms. The summed E-state index contributed by atoms with van der Waals surface area (Å²) in [5.74, 6) is 1.40. The fourth-order valence-corrected chi connectivity index (χ4v) is 10.3. The highest BCUT2D eigenvalue weighted by atomic mass is 32.2. The van der Waals surface area contributed by atoms with Gasteiger partial charge in [-0.25, -0.2) is 9.78 Å². The Bertz CT molecular complexity index is 2200. The first-order valence-corrected chi connectivity index (χ1v) is 21.5. The zero-order valence-electron chi connectivity index (χ0n) is 32.5. The van der Waals surface area contributed by atoms with Crippen molar-refractivity contribution in [1.82, 2.24) is 14.8 Å². The maximum atomic E-state index is 13.3. The predicted octanol–water partition coefficient (Wildman–Crippen LogP) is 7.92. The molecule has 300 valence electrons. The SMILES string of the molecule is COc1ccc(COc2cc(N3CCOCC3)cc(-c3cccc4c3Sc3ccc(N[C@@H]5CN(C(=O)OCc6ccccc6)C[C@H]5N5CCOCC5)cc3S4)n2)cc1. The number of hydrogen-bond donors (Lipinski definition) is 1. The molecule has 1 aromatic heterocycles. The van der Waals surface area contributed by atoms with Crippen LogP contribution in [0.25, 0.3) is 11.3 Å². The van der Waals surface area contributed by atoms with Crippen molar-refractivity contribution in [2.75, 3.05) is 83.0 Å². The van der Waals surface area contributed by atoms with Gasteiger partial charge < -0.3 is 38.8 Å². The molecule has 13 heteroatoms. The Hall–Kier alpha value is -4.92. The summed E-state index contributed by atoms with van der Waals surface area (Å²) in [6.07, 6.45) is -0.280. The van der Waals surface area contributed by atoms with Crippen LogP contribution in [0.1, 0.15) is 11.1 Å². The Labute approximate surface area is 348 Å². The molecule has 5 heterocycles. The van der Waals surface area contributed by atoms with E-state index in [2.05, 4.69) is 57.6 Å². The predicted molar refractivity (Wildman–Crippen MR) is 227 cm³/mol. The molecule has 0 radical (unpaired) electrons. The number of ether oxygens (including phenoxy) is 5. The van der Waals surface area contributed by atoms with Gasteiger partial charge in [0, 0.05) is 87.9 Å². The highest BCUT2D eigenvalue weighted by Gasteiger charge is 2.40. The van der Waals surface area contributed by atoms with Gasteiger partial charge in [-0.2, -0.15) is 0 Å². The second-order valence-electron chi connectivity index (χ2n) is 14.7. The van der Waals surface area contributed by atoms with Crippen LogP contribution in [-0.4, -0.2) is 106 Å². The Morgan fingerprint density at radius 3 is 2.34 bits per heavy atom. The summed E-state index contributed by atoms with van der Waals surface area (Å²) in [5.41, 5.74) is 6.08. The Morgan fingerprint density at radius 2 is 1.55 bits per heavy atom. The van der Waals surface area contributed by atoms with Gasteiger partial charge in [-0.05, 0) is 53.6 Å². The van der Waals surface area contributed by atoms with Crippen LogP contribution in [-0.2, 0) is 27.4 Å². The number of benzene rings is 4. The van der Waals surface area contributed by atoms with E-state index in [4.69, 9.17) is 28.7 Å². The van der Waals surface area contributed by atoms with Crippen LogP contribution in [0.3, 0.4) is 0 Å². The number of likely N-dealkylation sites (tertiary alicyclic amines) is 1. The average Bonchev–Trinajstić information content (AvgIpc) is 3.71. The number of rotatable bonds is 11. The van der Waals surface area contributed by atoms with Crippen molar-refractivity contribution in [2.45, 2.75) is 44.9 Å². The van der Waals surface area contributed by atoms with Crippen molar-refractivity contribution in [3.63, 3.8) is 0 Å². The van der Waals surface area contributed by atoms with E-state index in [9.17, 15) is 4.79 Å². The highest BCUT2D eigenvalue weighted by Crippen LogP contribution is 2.52. The summed E-state index contributed by atoms with van der Waals surface area (Å²) in [7, 11) is 1.67. The standard InChI is InChI=1S/C45H47N5O6S2/c1-52-35-13-10-32(11-14-35)29-55-43-26-34(48-16-20-53-21-17-48)25-37(47-43)36-8-5-9-41-44(36)58-40-15-12-33(24-42(40)57-41)46-38-27-50(28-39(38)49-18-22-54-23-19-49)45(51)56-30-31-6-3-2-4-7-31/h2-15,24-26,38-39,46H,16-23,27-30H2,1H3/t38-,39-/m1/s1. The molecule has 0 saturated carbocycles. The van der Waals surface area contributed by atoms with E-state index in [0.29, 0.717) is 52.0 Å². The number of aromatic nitrogens is 1. The van der Waals surface area contributed by atoms with Crippen molar-refractivity contribution in [3.05, 3.63) is 114 Å². The number of amides is 1. The number of fused-ring (bicyclic) bond motifs is 2. The Kier molecular flexibility index (Phi) is 11.9. The topological polar surface area (TPSA) is 97.9 Å². The number of nitrogens with zero attached hydrogens (tertiary/aromatic N) is 4. The zero-order valence-corrected chi connectivity index (χ0v) is 34.1. The van der Waals surface area contributed by atoms with Crippen LogP contribution < -0.4 is 19.7 Å². The number of hydrogen-bond acceptors (Lipinski definition) is 12. The van der Waals surface area contributed by atoms with Gasteiger partial charge >= 0.3 is 6.09 Å². The van der Waals surface area contributed by atoms with Crippen molar-refractivity contribution in [3.8, 4) is 22.9 Å². The van der Waals surface area contributed by atoms with E-state index in [-0.39, 0.29) is 24.8 Å². The van der Waals surface area contributed by atoms with E-state index >= 15 is 0 Å². The number of carbonyl (C=O) groups excluding carboxylic acids is 1. The quantitative estimate of drug-likeness (QED) is 0.138. The van der Waals surface area contributed by atoms with Crippen molar-refractivity contribution in [2.24, 2.45) is 0 Å². The number of nitrogens with one attached hydrogen (secondary N) is 1. The number of anilines is 2. The summed E-state index contributed by atoms with van der Waals surface area (Å²) in [6, 6.07) is 35.2. The molecule has 0 bridgehead atoms. The Morgan fingerprint density at radius 1 is 0.776 bits per heavy atom. The number of morpholine rings is 2. The van der Waals surface area contributed by atoms with Gasteiger partial charge in [0.15, 0.2) is 0 Å². The summed E-state index contributed by atoms with van der Waals surface area (Å²) >= 11 is 3.56. The molecule has 3 saturated heterocycles. The summed E-state index contributed by atoms with van der Waals surface area (Å²) in [6.45, 7) is 7.89. The maximum Gasteiger partial charge on any atom is 0.410 e. The lowest BCUT2D eigenvalue weighted by Crippen LogP contribution is -2.51. The second-order valence-corrected chi connectivity index (χ2v) is 16.8. The van der Waals surface area contributed by atoms with Crippen LogP contribution >= 0.6 is 23.5 Å². The number of carbonyl (C=O) groups is 1. The molecule has 1 N–H and O–H groups in total. The monoisotopic (exact) mass is 817 g/mol. The zero-order chi connectivity index (χ0) is 39.3. The first-order valence-electron chi connectivity index (χ1n) is 19.8. The molecular formula is C45H47N5O6S2. The minimum atomic E-state index is -0.280. The van der Waals surface area contributed by atoms with Gasteiger partial charge in [0.1, 0.15) is 19.0 Å². The fourth-order valence-electron chi connectivity index (χ4n) is 7.86. The fraction of sp³-hybridized carbons (Fsp3) is 0.333. The van der Waals surface area contributed by atoms with Crippen LogP contribution in [0, 0.1) is 0 Å². The second kappa shape index (κ2) is 17.9. The van der Waals surface area contributed by atoms with Crippen LogP contribution in [0.4, 0.5) is 16.2 Å². The van der Waals surface area contributed by atoms with E-state index in [1.165, 1.54) is 19.6 Å². The minimum absolute atomic E-state index is 0.0338. The third-order valence-electron chi connectivity index (χ3n) is 11.0. The Balaban J connectivity index is 0.932. The number of methoxy groups -OCH3 is 1. The first kappa shape index (κ1) is 38.6. The molecule has 58 heavy (non-hydrogen) atoms. The summed E-state index contributed by atoms with van der Waals surface area (Å²) < 4.78 is 28.8. The summed E-state index contributed by atoms with van der Waals surface area (Å²) in [5, 5.41) is 3.83. The molecule has 11 nitrogen and oxygen atoms in total. The molecule has 0 aliphatic carbocycles.